The standard InChI is InChI=1S/C54H78N6O18/c61-52(7-10-55-43-1-4-46-49(37-43)76-34-28-70-22-16-64-13-19-67-25-31-73-46)58-40-59(53(62)8-11-56-44-2-5-47-50(38-44)77-35-29-71-23-17-65-14-20-68-26-32-74-47)42-60(41-58)54(63)9-12-57-45-3-6-48-51(39-45)78-36-30-72-24-18-66-15-21-69-27-33-75-48/h1-6,37-39,55-57H,7-36,40-42H2. The molecule has 0 unspecified atom stereocenters. The van der Waals surface area contributed by atoms with Crippen LogP contribution in [0.4, 0.5) is 17.1 Å². The van der Waals surface area contributed by atoms with Crippen LogP contribution >= 0.6 is 0 Å². The van der Waals surface area contributed by atoms with Crippen LogP contribution in [0.3, 0.4) is 0 Å². The number of amides is 3. The predicted molar refractivity (Wildman–Crippen MR) is 284 cm³/mol. The van der Waals surface area contributed by atoms with E-state index in [1.165, 1.54) is 14.7 Å². The molecule has 3 amide bonds. The van der Waals surface area contributed by atoms with E-state index in [-0.39, 0.29) is 76.6 Å². The smallest absolute Gasteiger partial charge is 0.227 e. The zero-order chi connectivity index (χ0) is 54.1. The summed E-state index contributed by atoms with van der Waals surface area (Å²) in [7, 11) is 0. The van der Waals surface area contributed by atoms with E-state index in [2.05, 4.69) is 16.0 Å². The third-order valence-electron chi connectivity index (χ3n) is 12.1. The Morgan fingerprint density at radius 2 is 0.500 bits per heavy atom. The maximum Gasteiger partial charge on any atom is 0.227 e. The average Bonchev–Trinajstić information content (AvgIpc) is 3.49. The zero-order valence-corrected chi connectivity index (χ0v) is 44.7. The summed E-state index contributed by atoms with van der Waals surface area (Å²) in [5.74, 6) is 2.46. The Hall–Kier alpha value is -6.09. The van der Waals surface area contributed by atoms with Gasteiger partial charge in [0.05, 0.1) is 139 Å². The fraction of sp³-hybridized carbons (Fsp3) is 0.611. The molecule has 4 aliphatic heterocycles. The first-order valence-electron chi connectivity index (χ1n) is 26.9. The lowest BCUT2D eigenvalue weighted by atomic mass is 10.2. The van der Waals surface area contributed by atoms with Crippen LogP contribution in [0.15, 0.2) is 54.6 Å². The molecule has 0 spiro atoms. The summed E-state index contributed by atoms with van der Waals surface area (Å²) >= 11 is 0. The molecule has 4 aliphatic rings. The van der Waals surface area contributed by atoms with Gasteiger partial charge in [0.1, 0.15) is 39.6 Å². The molecule has 1 fully saturated rings. The molecule has 0 aromatic heterocycles. The largest absolute Gasteiger partial charge is 0.487 e. The molecule has 0 atom stereocenters. The Bertz CT molecular complexity index is 1980. The van der Waals surface area contributed by atoms with Crippen LogP contribution < -0.4 is 44.4 Å². The van der Waals surface area contributed by atoms with Gasteiger partial charge in [-0.05, 0) is 36.4 Å². The van der Waals surface area contributed by atoms with E-state index in [1.807, 2.05) is 36.4 Å². The van der Waals surface area contributed by atoms with Crippen molar-refractivity contribution in [3.05, 3.63) is 54.6 Å². The fourth-order valence-corrected chi connectivity index (χ4v) is 8.08. The molecule has 0 aliphatic carbocycles. The third-order valence-corrected chi connectivity index (χ3v) is 12.1. The van der Waals surface area contributed by atoms with Crippen molar-refractivity contribution in [2.45, 2.75) is 19.3 Å². The number of anilines is 3. The topological polar surface area (TPSA) is 235 Å². The number of nitrogens with zero attached hydrogens (tertiary/aromatic N) is 3. The van der Waals surface area contributed by atoms with Crippen LogP contribution in [0.5, 0.6) is 34.5 Å². The number of nitrogens with one attached hydrogen (secondary N) is 3. The lowest BCUT2D eigenvalue weighted by Gasteiger charge is -2.42. The van der Waals surface area contributed by atoms with Gasteiger partial charge in [-0.15, -0.1) is 0 Å². The van der Waals surface area contributed by atoms with Gasteiger partial charge in [-0.3, -0.25) is 14.4 Å². The molecule has 3 aromatic rings. The molecular formula is C54H78N6O18. The van der Waals surface area contributed by atoms with E-state index in [9.17, 15) is 14.4 Å². The minimum Gasteiger partial charge on any atom is -0.487 e. The van der Waals surface area contributed by atoms with Gasteiger partial charge in [0.25, 0.3) is 0 Å². The lowest BCUT2D eigenvalue weighted by molar-refractivity contribution is -0.158. The van der Waals surface area contributed by atoms with Gasteiger partial charge < -0.3 is 102 Å². The van der Waals surface area contributed by atoms with Crippen molar-refractivity contribution in [3.63, 3.8) is 0 Å². The summed E-state index contributed by atoms with van der Waals surface area (Å²) in [6, 6.07) is 16.4. The maximum atomic E-state index is 14.0. The minimum atomic E-state index is -0.246. The third kappa shape index (κ3) is 22.0. The molecule has 24 nitrogen and oxygen atoms in total. The first-order chi connectivity index (χ1) is 38.5. The van der Waals surface area contributed by atoms with Crippen molar-refractivity contribution in [2.75, 3.05) is 214 Å². The van der Waals surface area contributed by atoms with Crippen LogP contribution in [0, 0.1) is 0 Å². The monoisotopic (exact) mass is 1100 g/mol. The van der Waals surface area contributed by atoms with Gasteiger partial charge in [-0.1, -0.05) is 0 Å². The highest BCUT2D eigenvalue weighted by molar-refractivity contribution is 5.82. The molecule has 432 valence electrons. The molecule has 78 heavy (non-hydrogen) atoms. The van der Waals surface area contributed by atoms with Crippen LogP contribution in [-0.4, -0.2) is 231 Å². The van der Waals surface area contributed by atoms with E-state index < -0.39 is 0 Å². The number of hydrogen-bond acceptors (Lipinski definition) is 21. The molecule has 0 saturated carbocycles. The van der Waals surface area contributed by atoms with Crippen molar-refractivity contribution in [2.24, 2.45) is 0 Å². The van der Waals surface area contributed by atoms with E-state index >= 15 is 0 Å². The molecule has 0 radical (unpaired) electrons. The number of fused-ring (bicyclic) bond motifs is 3. The Balaban J connectivity index is 0.963. The normalized spacial score (nSPS) is 18.7. The summed E-state index contributed by atoms with van der Waals surface area (Å²) in [5.41, 5.74) is 2.13. The summed E-state index contributed by atoms with van der Waals surface area (Å²) in [6.07, 6.45) is 0.221. The highest BCUT2D eigenvalue weighted by atomic mass is 16.6. The summed E-state index contributed by atoms with van der Waals surface area (Å²) < 4.78 is 86.2. The van der Waals surface area contributed by atoms with Crippen molar-refractivity contribution in [3.8, 4) is 34.5 Å². The second-order valence-corrected chi connectivity index (χ2v) is 17.8. The molecular weight excluding hydrogens is 1020 g/mol. The number of carbonyl (C=O) groups is 3. The van der Waals surface area contributed by atoms with E-state index in [4.69, 9.17) is 71.1 Å². The molecule has 3 N–H and O–H groups in total. The van der Waals surface area contributed by atoms with Crippen molar-refractivity contribution < 1.29 is 85.4 Å². The molecule has 3 aromatic carbocycles. The van der Waals surface area contributed by atoms with Gasteiger partial charge >= 0.3 is 0 Å². The first-order valence-corrected chi connectivity index (χ1v) is 26.9. The Morgan fingerprint density at radius 1 is 0.295 bits per heavy atom. The van der Waals surface area contributed by atoms with Crippen molar-refractivity contribution in [1.82, 2.24) is 14.7 Å². The quantitative estimate of drug-likeness (QED) is 0.236. The van der Waals surface area contributed by atoms with Crippen LogP contribution in [-0.2, 0) is 57.0 Å². The van der Waals surface area contributed by atoms with E-state index in [0.717, 1.165) is 0 Å². The van der Waals surface area contributed by atoms with E-state index in [0.29, 0.717) is 210 Å². The van der Waals surface area contributed by atoms with Gasteiger partial charge in [0.2, 0.25) is 17.7 Å². The summed E-state index contributed by atoms with van der Waals surface area (Å²) in [6.45, 7) is 10.4. The van der Waals surface area contributed by atoms with Gasteiger partial charge in [0, 0.05) is 74.2 Å². The SMILES string of the molecule is O=C(CCNc1ccc2c(c1)OCCOCCOCCOCCO2)N1CN(C(=O)CCNc2ccc3c(c2)OCCOCCOCCOCCO3)CN(C(=O)CCNc2ccc3c(c2)OCCOCCOCCOCCO3)C1. The number of ether oxygens (including phenoxy) is 15. The Kier molecular flexibility index (Phi) is 27.1. The predicted octanol–water partition coefficient (Wildman–Crippen LogP) is 3.33. The van der Waals surface area contributed by atoms with Crippen molar-refractivity contribution in [1.29, 1.82) is 0 Å². The number of hydrogen-bond donors (Lipinski definition) is 3. The van der Waals surface area contributed by atoms with Gasteiger partial charge in [-0.25, -0.2) is 0 Å². The number of benzene rings is 3. The zero-order valence-electron chi connectivity index (χ0n) is 44.7. The van der Waals surface area contributed by atoms with E-state index in [1.54, 1.807) is 18.2 Å². The van der Waals surface area contributed by atoms with Crippen LogP contribution in [0.1, 0.15) is 19.3 Å². The minimum absolute atomic E-state index is 0.00566. The Labute approximate surface area is 456 Å². The molecule has 4 heterocycles. The van der Waals surface area contributed by atoms with Crippen LogP contribution in [0.2, 0.25) is 0 Å². The molecule has 24 heteroatoms. The number of carbonyl (C=O) groups excluding carboxylic acids is 3. The highest BCUT2D eigenvalue weighted by Crippen LogP contribution is 2.33. The molecule has 0 bridgehead atoms. The van der Waals surface area contributed by atoms with Crippen LogP contribution in [0.25, 0.3) is 0 Å². The van der Waals surface area contributed by atoms with Gasteiger partial charge in [0.15, 0.2) is 34.5 Å². The second-order valence-electron chi connectivity index (χ2n) is 17.8. The lowest BCUT2D eigenvalue weighted by Crippen LogP contribution is -2.59. The number of rotatable bonds is 12. The molecule has 1 saturated heterocycles. The second kappa shape index (κ2) is 35.4. The summed E-state index contributed by atoms with van der Waals surface area (Å²) in [4.78, 5) is 46.7. The Morgan fingerprint density at radius 3 is 0.731 bits per heavy atom. The average molecular weight is 1100 g/mol. The van der Waals surface area contributed by atoms with Crippen molar-refractivity contribution >= 4 is 34.8 Å². The van der Waals surface area contributed by atoms with Gasteiger partial charge in [-0.2, -0.15) is 0 Å². The first kappa shape index (κ1) is 59.6. The fourth-order valence-electron chi connectivity index (χ4n) is 8.08. The summed E-state index contributed by atoms with van der Waals surface area (Å²) in [5, 5.41) is 9.96. The molecule has 7 rings (SSSR count). The maximum absolute atomic E-state index is 14.0. The highest BCUT2D eigenvalue weighted by Gasteiger charge is 2.31.